The first-order valence-corrected chi connectivity index (χ1v) is 7.95. The largest absolute Gasteiger partial charge is 0.489 e. The van der Waals surface area contributed by atoms with Gasteiger partial charge in [-0.1, -0.05) is 18.2 Å². The van der Waals surface area contributed by atoms with Gasteiger partial charge in [-0.3, -0.25) is 9.36 Å². The Morgan fingerprint density at radius 3 is 2.40 bits per heavy atom. The number of nitrogens with zero attached hydrogens (tertiary/aromatic N) is 1. The number of benzene rings is 2. The standard InChI is InChI=1S/C20H18FNO3/c1-15(25-18-5-3-2-4-6-18)14-24-19-11-12-22(20(23)13-19)17-9-7-16(21)8-10-17/h2-13,15H,14H2,1H3/t15-/m0/s1. The van der Waals surface area contributed by atoms with E-state index in [1.165, 1.54) is 22.8 Å². The average Bonchev–Trinajstić information content (AvgIpc) is 2.62. The molecule has 0 saturated heterocycles. The molecule has 0 N–H and O–H groups in total. The molecule has 0 spiro atoms. The van der Waals surface area contributed by atoms with Gasteiger partial charge in [0.1, 0.15) is 30.0 Å². The molecule has 0 aliphatic carbocycles. The van der Waals surface area contributed by atoms with Crippen molar-refractivity contribution in [3.8, 4) is 17.2 Å². The quantitative estimate of drug-likeness (QED) is 0.685. The molecule has 4 nitrogen and oxygen atoms in total. The molecule has 0 aliphatic heterocycles. The van der Waals surface area contributed by atoms with E-state index >= 15 is 0 Å². The van der Waals surface area contributed by atoms with Crippen molar-refractivity contribution < 1.29 is 13.9 Å². The third-order valence-corrected chi connectivity index (χ3v) is 3.56. The number of aromatic nitrogens is 1. The maximum absolute atomic E-state index is 13.0. The predicted molar refractivity (Wildman–Crippen MR) is 94.0 cm³/mol. The molecule has 5 heteroatoms. The summed E-state index contributed by atoms with van der Waals surface area (Å²) in [6.07, 6.45) is 1.44. The first kappa shape index (κ1) is 16.8. The number of ether oxygens (including phenoxy) is 2. The first-order chi connectivity index (χ1) is 12.1. The molecule has 0 bridgehead atoms. The van der Waals surface area contributed by atoms with Crippen molar-refractivity contribution in [2.24, 2.45) is 0 Å². The maximum Gasteiger partial charge on any atom is 0.258 e. The van der Waals surface area contributed by atoms with E-state index in [-0.39, 0.29) is 17.5 Å². The molecule has 25 heavy (non-hydrogen) atoms. The van der Waals surface area contributed by atoms with Crippen LogP contribution in [0.2, 0.25) is 0 Å². The van der Waals surface area contributed by atoms with Gasteiger partial charge in [-0.25, -0.2) is 4.39 Å². The molecule has 128 valence electrons. The number of pyridine rings is 1. The topological polar surface area (TPSA) is 40.5 Å². The Morgan fingerprint density at radius 1 is 1.00 bits per heavy atom. The fourth-order valence-corrected chi connectivity index (χ4v) is 2.34. The van der Waals surface area contributed by atoms with E-state index in [0.717, 1.165) is 5.75 Å². The lowest BCUT2D eigenvalue weighted by molar-refractivity contribution is 0.143. The van der Waals surface area contributed by atoms with Crippen LogP contribution in [-0.2, 0) is 0 Å². The summed E-state index contributed by atoms with van der Waals surface area (Å²) < 4.78 is 25.8. The third-order valence-electron chi connectivity index (χ3n) is 3.56. The van der Waals surface area contributed by atoms with Gasteiger partial charge in [-0.15, -0.1) is 0 Å². The highest BCUT2D eigenvalue weighted by atomic mass is 19.1. The number of halogens is 1. The Balaban J connectivity index is 1.63. The van der Waals surface area contributed by atoms with Crippen LogP contribution in [0, 0.1) is 5.82 Å². The van der Waals surface area contributed by atoms with Crippen molar-refractivity contribution in [2.45, 2.75) is 13.0 Å². The SMILES string of the molecule is C[C@@H](COc1ccn(-c2ccc(F)cc2)c(=O)c1)Oc1ccccc1. The van der Waals surface area contributed by atoms with Crippen LogP contribution >= 0.6 is 0 Å². The summed E-state index contributed by atoms with van der Waals surface area (Å²) in [5, 5.41) is 0. The lowest BCUT2D eigenvalue weighted by atomic mass is 10.3. The summed E-state index contributed by atoms with van der Waals surface area (Å²) >= 11 is 0. The zero-order valence-electron chi connectivity index (χ0n) is 13.8. The molecule has 0 amide bonds. The molecule has 3 rings (SSSR count). The van der Waals surface area contributed by atoms with Gasteiger partial charge in [0.25, 0.3) is 5.56 Å². The highest BCUT2D eigenvalue weighted by Gasteiger charge is 2.07. The first-order valence-electron chi connectivity index (χ1n) is 7.95. The molecule has 1 aromatic heterocycles. The molecule has 3 aromatic rings. The maximum atomic E-state index is 13.0. The minimum atomic E-state index is -0.343. The van der Waals surface area contributed by atoms with E-state index in [0.29, 0.717) is 18.0 Å². The Bertz CT molecular complexity index is 875. The lowest BCUT2D eigenvalue weighted by Crippen LogP contribution is -2.22. The molecule has 0 radical (unpaired) electrons. The van der Waals surface area contributed by atoms with E-state index in [1.54, 1.807) is 24.4 Å². The minimum Gasteiger partial charge on any atom is -0.489 e. The second-order valence-electron chi connectivity index (χ2n) is 5.60. The van der Waals surface area contributed by atoms with Crippen molar-refractivity contribution in [3.63, 3.8) is 0 Å². The number of para-hydroxylation sites is 1. The zero-order valence-corrected chi connectivity index (χ0v) is 13.8. The Morgan fingerprint density at radius 2 is 1.72 bits per heavy atom. The number of rotatable bonds is 6. The van der Waals surface area contributed by atoms with Crippen molar-refractivity contribution >= 4 is 0 Å². The van der Waals surface area contributed by atoms with Crippen molar-refractivity contribution in [3.05, 3.63) is 89.1 Å². The summed E-state index contributed by atoms with van der Waals surface area (Å²) in [4.78, 5) is 12.2. The normalized spacial score (nSPS) is 11.8. The summed E-state index contributed by atoms with van der Waals surface area (Å²) in [6, 6.07) is 18.3. The monoisotopic (exact) mass is 339 g/mol. The Hall–Kier alpha value is -3.08. The molecule has 0 unspecified atom stereocenters. The zero-order chi connectivity index (χ0) is 17.6. The smallest absolute Gasteiger partial charge is 0.258 e. The molecule has 1 heterocycles. The molecule has 1 atom stereocenters. The van der Waals surface area contributed by atoms with Crippen LogP contribution < -0.4 is 15.0 Å². The second-order valence-corrected chi connectivity index (χ2v) is 5.60. The molecule has 0 fully saturated rings. The summed E-state index contributed by atoms with van der Waals surface area (Å²) in [7, 11) is 0. The summed E-state index contributed by atoms with van der Waals surface area (Å²) in [5.74, 6) is 0.890. The minimum absolute atomic E-state index is 0.165. The van der Waals surface area contributed by atoms with E-state index in [1.807, 2.05) is 37.3 Å². The van der Waals surface area contributed by atoms with Crippen LogP contribution in [0.1, 0.15) is 6.92 Å². The van der Waals surface area contributed by atoms with Crippen molar-refractivity contribution in [2.75, 3.05) is 6.61 Å². The van der Waals surface area contributed by atoms with E-state index in [2.05, 4.69) is 0 Å². The second kappa shape index (κ2) is 7.66. The van der Waals surface area contributed by atoms with Crippen LogP contribution in [0.4, 0.5) is 4.39 Å². The Labute approximate surface area is 145 Å². The molecule has 2 aromatic carbocycles. The molecule has 0 aliphatic rings. The van der Waals surface area contributed by atoms with Gasteiger partial charge in [0.2, 0.25) is 0 Å². The van der Waals surface area contributed by atoms with E-state index in [9.17, 15) is 9.18 Å². The van der Waals surface area contributed by atoms with Crippen LogP contribution in [0.5, 0.6) is 11.5 Å². The van der Waals surface area contributed by atoms with Gasteiger partial charge < -0.3 is 9.47 Å². The summed E-state index contributed by atoms with van der Waals surface area (Å²) in [5.41, 5.74) is 0.347. The van der Waals surface area contributed by atoms with Gasteiger partial charge in [0.15, 0.2) is 0 Å². The van der Waals surface area contributed by atoms with E-state index in [4.69, 9.17) is 9.47 Å². The van der Waals surface area contributed by atoms with Gasteiger partial charge in [0, 0.05) is 18.0 Å². The van der Waals surface area contributed by atoms with Gasteiger partial charge in [-0.2, -0.15) is 0 Å². The van der Waals surface area contributed by atoms with Crippen molar-refractivity contribution in [1.29, 1.82) is 0 Å². The van der Waals surface area contributed by atoms with E-state index < -0.39 is 0 Å². The fraction of sp³-hybridized carbons (Fsp3) is 0.150. The Kier molecular flexibility index (Phi) is 5.14. The average molecular weight is 339 g/mol. The number of hydrogen-bond acceptors (Lipinski definition) is 3. The lowest BCUT2D eigenvalue weighted by Gasteiger charge is -2.16. The fourth-order valence-electron chi connectivity index (χ4n) is 2.34. The molecular formula is C20H18FNO3. The number of hydrogen-bond donors (Lipinski definition) is 0. The van der Waals surface area contributed by atoms with Gasteiger partial charge in [0.05, 0.1) is 0 Å². The highest BCUT2D eigenvalue weighted by Crippen LogP contribution is 2.13. The van der Waals surface area contributed by atoms with Crippen LogP contribution in [0.15, 0.2) is 77.7 Å². The van der Waals surface area contributed by atoms with Crippen LogP contribution in [0.25, 0.3) is 5.69 Å². The van der Waals surface area contributed by atoms with Crippen LogP contribution in [0.3, 0.4) is 0 Å². The van der Waals surface area contributed by atoms with Crippen molar-refractivity contribution in [1.82, 2.24) is 4.57 Å². The van der Waals surface area contributed by atoms with Gasteiger partial charge in [-0.05, 0) is 49.4 Å². The van der Waals surface area contributed by atoms with Crippen LogP contribution in [-0.4, -0.2) is 17.3 Å². The van der Waals surface area contributed by atoms with Gasteiger partial charge >= 0.3 is 0 Å². The molecular weight excluding hydrogens is 321 g/mol. The molecule has 0 saturated carbocycles. The summed E-state index contributed by atoms with van der Waals surface area (Å²) in [6.45, 7) is 2.21. The predicted octanol–water partition coefficient (Wildman–Crippen LogP) is 3.82. The third kappa shape index (κ3) is 4.47. The highest BCUT2D eigenvalue weighted by molar-refractivity contribution is 5.34.